The zero-order chi connectivity index (χ0) is 21.5. The van der Waals surface area contributed by atoms with Gasteiger partial charge in [-0.2, -0.15) is 0 Å². The molecule has 0 aliphatic carbocycles. The van der Waals surface area contributed by atoms with Crippen LogP contribution in [0.25, 0.3) is 11.4 Å². The number of carbonyl (C=O) groups excluding carboxylic acids is 1. The molecule has 3 rings (SSSR count). The topological polar surface area (TPSA) is 69.0 Å². The second-order valence-corrected chi connectivity index (χ2v) is 8.39. The third-order valence-corrected chi connectivity index (χ3v) is 5.71. The number of hydrogen-bond acceptors (Lipinski definition) is 5. The van der Waals surface area contributed by atoms with Crippen molar-refractivity contribution in [3.63, 3.8) is 0 Å². The van der Waals surface area contributed by atoms with Crippen molar-refractivity contribution in [1.82, 2.24) is 20.1 Å². The lowest BCUT2D eigenvalue weighted by molar-refractivity contribution is -0.118. The van der Waals surface area contributed by atoms with Gasteiger partial charge < -0.3 is 10.1 Å². The van der Waals surface area contributed by atoms with Crippen LogP contribution in [0.3, 0.4) is 0 Å². The normalized spacial score (nSPS) is 11.0. The van der Waals surface area contributed by atoms with Crippen LogP contribution in [0, 0.1) is 0 Å². The number of nitrogens with zero attached hydrogens (tertiary/aromatic N) is 3. The smallest absolute Gasteiger partial charge is 0.230 e. The Hall–Kier alpha value is -2.51. The summed E-state index contributed by atoms with van der Waals surface area (Å²) in [7, 11) is 1.64. The summed E-state index contributed by atoms with van der Waals surface area (Å²) >= 11 is 7.28. The van der Waals surface area contributed by atoms with Crippen LogP contribution < -0.4 is 10.1 Å². The lowest BCUT2D eigenvalue weighted by atomic mass is 10.1. The molecular formula is C22H25ClN4O2S. The summed E-state index contributed by atoms with van der Waals surface area (Å²) < 4.78 is 7.27. The van der Waals surface area contributed by atoms with E-state index in [1.54, 1.807) is 7.11 Å². The quantitative estimate of drug-likeness (QED) is 0.487. The number of rotatable bonds is 9. The van der Waals surface area contributed by atoms with Crippen molar-refractivity contribution in [3.05, 3.63) is 59.1 Å². The number of carbonyl (C=O) groups is 1. The molecule has 3 aromatic rings. The largest absolute Gasteiger partial charge is 0.497 e. The SMILES string of the molecule is COc1ccc(-c2nnc(SCC(=O)NCCc3ccc(Cl)cc3)n2C(C)C)cc1. The fourth-order valence-corrected chi connectivity index (χ4v) is 3.98. The molecule has 2 aromatic carbocycles. The van der Waals surface area contributed by atoms with E-state index in [-0.39, 0.29) is 17.7 Å². The molecular weight excluding hydrogens is 420 g/mol. The van der Waals surface area contributed by atoms with Gasteiger partial charge in [-0.05, 0) is 62.2 Å². The number of benzene rings is 2. The van der Waals surface area contributed by atoms with Gasteiger partial charge >= 0.3 is 0 Å². The number of aromatic nitrogens is 3. The molecule has 1 heterocycles. The van der Waals surface area contributed by atoms with Gasteiger partial charge in [0, 0.05) is 23.2 Å². The highest BCUT2D eigenvalue weighted by atomic mass is 35.5. The molecule has 0 spiro atoms. The summed E-state index contributed by atoms with van der Waals surface area (Å²) in [5.74, 6) is 1.82. The molecule has 0 aliphatic rings. The zero-order valence-corrected chi connectivity index (χ0v) is 18.8. The average molecular weight is 445 g/mol. The van der Waals surface area contributed by atoms with Gasteiger partial charge in [0.1, 0.15) is 5.75 Å². The van der Waals surface area contributed by atoms with E-state index in [2.05, 4.69) is 29.4 Å². The summed E-state index contributed by atoms with van der Waals surface area (Å²) in [5, 5.41) is 13.1. The Kier molecular flexibility index (Phi) is 7.76. The summed E-state index contributed by atoms with van der Waals surface area (Å²) in [4.78, 5) is 12.3. The van der Waals surface area contributed by atoms with Crippen molar-refractivity contribution in [2.45, 2.75) is 31.5 Å². The maximum absolute atomic E-state index is 12.3. The van der Waals surface area contributed by atoms with E-state index >= 15 is 0 Å². The molecule has 1 N–H and O–H groups in total. The third-order valence-electron chi connectivity index (χ3n) is 4.51. The Morgan fingerprint density at radius 2 is 1.83 bits per heavy atom. The number of hydrogen-bond donors (Lipinski definition) is 1. The molecule has 0 saturated heterocycles. The van der Waals surface area contributed by atoms with Gasteiger partial charge in [-0.25, -0.2) is 0 Å². The first-order valence-electron chi connectivity index (χ1n) is 9.71. The Morgan fingerprint density at radius 3 is 2.47 bits per heavy atom. The molecule has 30 heavy (non-hydrogen) atoms. The van der Waals surface area contributed by atoms with Gasteiger partial charge in [-0.3, -0.25) is 9.36 Å². The second kappa shape index (κ2) is 10.5. The van der Waals surface area contributed by atoms with Crippen LogP contribution in [-0.2, 0) is 11.2 Å². The molecule has 1 aromatic heterocycles. The number of ether oxygens (including phenoxy) is 1. The number of amides is 1. The zero-order valence-electron chi connectivity index (χ0n) is 17.3. The van der Waals surface area contributed by atoms with Crippen molar-refractivity contribution in [1.29, 1.82) is 0 Å². The van der Waals surface area contributed by atoms with Crippen molar-refractivity contribution in [2.24, 2.45) is 0 Å². The highest BCUT2D eigenvalue weighted by molar-refractivity contribution is 7.99. The van der Waals surface area contributed by atoms with Gasteiger partial charge in [0.05, 0.1) is 12.9 Å². The van der Waals surface area contributed by atoms with E-state index in [4.69, 9.17) is 16.3 Å². The highest BCUT2D eigenvalue weighted by Gasteiger charge is 2.18. The van der Waals surface area contributed by atoms with Gasteiger partial charge in [0.2, 0.25) is 5.91 Å². The monoisotopic (exact) mass is 444 g/mol. The van der Waals surface area contributed by atoms with Crippen LogP contribution in [0.1, 0.15) is 25.5 Å². The maximum Gasteiger partial charge on any atom is 0.230 e. The van der Waals surface area contributed by atoms with Gasteiger partial charge in [0.25, 0.3) is 0 Å². The number of halogens is 1. The van der Waals surface area contributed by atoms with Crippen LogP contribution in [0.2, 0.25) is 5.02 Å². The van der Waals surface area contributed by atoms with Crippen LogP contribution >= 0.6 is 23.4 Å². The molecule has 6 nitrogen and oxygen atoms in total. The van der Waals surface area contributed by atoms with E-state index in [1.807, 2.05) is 53.1 Å². The lowest BCUT2D eigenvalue weighted by Gasteiger charge is -2.14. The van der Waals surface area contributed by atoms with Crippen LogP contribution in [0.4, 0.5) is 0 Å². The van der Waals surface area contributed by atoms with Crippen LogP contribution in [-0.4, -0.2) is 40.1 Å². The van der Waals surface area contributed by atoms with Gasteiger partial charge in [-0.15, -0.1) is 10.2 Å². The maximum atomic E-state index is 12.3. The number of nitrogens with one attached hydrogen (secondary N) is 1. The molecule has 1 amide bonds. The predicted molar refractivity (Wildman–Crippen MR) is 121 cm³/mol. The average Bonchev–Trinajstić information content (AvgIpc) is 3.18. The first-order valence-corrected chi connectivity index (χ1v) is 11.1. The standard InChI is InChI=1S/C22H25ClN4O2S/c1-15(2)27-21(17-6-10-19(29-3)11-7-17)25-26-22(27)30-14-20(28)24-13-12-16-4-8-18(23)9-5-16/h4-11,15H,12-14H2,1-3H3,(H,24,28). The molecule has 158 valence electrons. The van der Waals surface area contributed by atoms with Crippen molar-refractivity contribution in [2.75, 3.05) is 19.4 Å². The Balaban J connectivity index is 1.58. The van der Waals surface area contributed by atoms with Gasteiger partial charge in [0.15, 0.2) is 11.0 Å². The Morgan fingerprint density at radius 1 is 1.13 bits per heavy atom. The summed E-state index contributed by atoms with van der Waals surface area (Å²) in [6, 6.07) is 15.5. The Labute approximate surface area is 186 Å². The fourth-order valence-electron chi connectivity index (χ4n) is 2.96. The minimum absolute atomic E-state index is 0.0294. The molecule has 0 saturated carbocycles. The van der Waals surface area contributed by atoms with E-state index in [1.165, 1.54) is 11.8 Å². The van der Waals surface area contributed by atoms with Crippen molar-refractivity contribution >= 4 is 29.3 Å². The van der Waals surface area contributed by atoms with Crippen molar-refractivity contribution in [3.8, 4) is 17.1 Å². The summed E-state index contributed by atoms with van der Waals surface area (Å²) in [5.41, 5.74) is 2.09. The lowest BCUT2D eigenvalue weighted by Crippen LogP contribution is -2.27. The molecule has 0 fully saturated rings. The fraction of sp³-hybridized carbons (Fsp3) is 0.318. The van der Waals surface area contributed by atoms with Gasteiger partial charge in [-0.1, -0.05) is 35.5 Å². The molecule has 0 atom stereocenters. The summed E-state index contributed by atoms with van der Waals surface area (Å²) in [6.07, 6.45) is 0.761. The minimum atomic E-state index is -0.0294. The summed E-state index contributed by atoms with van der Waals surface area (Å²) in [6.45, 7) is 4.73. The molecule has 8 heteroatoms. The van der Waals surface area contributed by atoms with E-state index in [0.717, 1.165) is 34.3 Å². The minimum Gasteiger partial charge on any atom is -0.497 e. The number of thioether (sulfide) groups is 1. The highest BCUT2D eigenvalue weighted by Crippen LogP contribution is 2.28. The molecule has 0 unspecified atom stereocenters. The predicted octanol–water partition coefficient (Wildman–Crippen LogP) is 4.64. The van der Waals surface area contributed by atoms with Crippen LogP contribution in [0.15, 0.2) is 53.7 Å². The van der Waals surface area contributed by atoms with E-state index < -0.39 is 0 Å². The van der Waals surface area contributed by atoms with E-state index in [0.29, 0.717) is 11.6 Å². The van der Waals surface area contributed by atoms with Crippen LogP contribution in [0.5, 0.6) is 5.75 Å². The van der Waals surface area contributed by atoms with Crippen molar-refractivity contribution < 1.29 is 9.53 Å². The molecule has 0 radical (unpaired) electrons. The second-order valence-electron chi connectivity index (χ2n) is 7.01. The molecule has 0 bridgehead atoms. The number of methoxy groups -OCH3 is 1. The first kappa shape index (κ1) is 22.2. The van der Waals surface area contributed by atoms with E-state index in [9.17, 15) is 4.79 Å². The third kappa shape index (κ3) is 5.77. The molecule has 0 aliphatic heterocycles. The Bertz CT molecular complexity index is 972. The first-order chi connectivity index (χ1) is 14.5.